The lowest BCUT2D eigenvalue weighted by molar-refractivity contribution is -0.160. The van der Waals surface area contributed by atoms with Crippen molar-refractivity contribution in [3.05, 3.63) is 35.4 Å². The molecule has 7 atom stereocenters. The molecule has 4 fully saturated rings. The molecule has 1 unspecified atom stereocenters. The van der Waals surface area contributed by atoms with Gasteiger partial charge in [0.15, 0.2) is 0 Å². The fraction of sp³-hybridized carbons (Fsp3) is 0.759. The highest BCUT2D eigenvalue weighted by atomic mass is 16.2. The first kappa shape index (κ1) is 21.5. The molecule has 0 aromatic heterocycles. The van der Waals surface area contributed by atoms with E-state index in [1.54, 1.807) is 0 Å². The van der Waals surface area contributed by atoms with Gasteiger partial charge in [0.2, 0.25) is 5.91 Å². The molecule has 1 aromatic carbocycles. The van der Waals surface area contributed by atoms with Gasteiger partial charge in [-0.15, -0.1) is 0 Å². The van der Waals surface area contributed by atoms with Gasteiger partial charge in [-0.2, -0.15) is 0 Å². The average molecular weight is 422 g/mol. The summed E-state index contributed by atoms with van der Waals surface area (Å²) in [4.78, 5) is 15.7. The standard InChI is InChI=1S/C29H43NO/c1-27(2,3)20-11-9-19(10-12-20)22-18-29(5)24-15-17-28(4)16-7-8-23(28)21(24)13-14-25(29)30(6)26(22)31/h9-12,21-25H,7-8,13-18H2,1-6H3/t21-,22?,23-,24-,25+,28-,29+/m0/s1. The molecule has 0 radical (unpaired) electrons. The summed E-state index contributed by atoms with van der Waals surface area (Å²) in [5, 5.41) is 0. The quantitative estimate of drug-likeness (QED) is 0.481. The number of hydrogen-bond acceptors (Lipinski definition) is 1. The monoisotopic (exact) mass is 421 g/mol. The lowest BCUT2D eigenvalue weighted by Crippen LogP contribution is -2.62. The first-order chi connectivity index (χ1) is 14.5. The molecule has 1 aliphatic heterocycles. The number of nitrogens with zero attached hydrogens (tertiary/aromatic N) is 1. The van der Waals surface area contributed by atoms with Gasteiger partial charge in [-0.3, -0.25) is 4.79 Å². The molecule has 4 aliphatic rings. The molecule has 0 spiro atoms. The van der Waals surface area contributed by atoms with Crippen molar-refractivity contribution in [3.63, 3.8) is 0 Å². The number of likely N-dealkylation sites (N-methyl/N-ethyl adjacent to an activating group) is 1. The predicted octanol–water partition coefficient (Wildman–Crippen LogP) is 6.93. The van der Waals surface area contributed by atoms with Gasteiger partial charge < -0.3 is 4.90 Å². The molecule has 1 saturated heterocycles. The molecule has 3 saturated carbocycles. The Hall–Kier alpha value is -1.31. The Labute approximate surface area is 190 Å². The lowest BCUT2D eigenvalue weighted by Gasteiger charge is -2.62. The molecular formula is C29H43NO. The largest absolute Gasteiger partial charge is 0.342 e. The van der Waals surface area contributed by atoms with Crippen molar-refractivity contribution in [2.24, 2.45) is 28.6 Å². The summed E-state index contributed by atoms with van der Waals surface area (Å²) in [5.74, 6) is 2.97. The molecule has 5 rings (SSSR count). The number of carbonyl (C=O) groups is 1. The van der Waals surface area contributed by atoms with Crippen molar-refractivity contribution in [2.45, 2.75) is 103 Å². The molecule has 2 heteroatoms. The fourth-order valence-electron chi connectivity index (χ4n) is 8.75. The summed E-state index contributed by atoms with van der Waals surface area (Å²) in [7, 11) is 2.10. The summed E-state index contributed by atoms with van der Waals surface area (Å²) in [6.07, 6.45) is 10.7. The molecule has 170 valence electrons. The maximum Gasteiger partial charge on any atom is 0.230 e. The third-order valence-electron chi connectivity index (χ3n) is 10.5. The van der Waals surface area contributed by atoms with Crippen LogP contribution in [0.15, 0.2) is 24.3 Å². The van der Waals surface area contributed by atoms with Crippen molar-refractivity contribution in [3.8, 4) is 0 Å². The van der Waals surface area contributed by atoms with E-state index in [9.17, 15) is 4.79 Å². The maximum absolute atomic E-state index is 13.5. The smallest absolute Gasteiger partial charge is 0.230 e. The van der Waals surface area contributed by atoms with Crippen molar-refractivity contribution in [1.29, 1.82) is 0 Å². The number of hydrogen-bond donors (Lipinski definition) is 0. The van der Waals surface area contributed by atoms with Gasteiger partial charge in [-0.05, 0) is 90.1 Å². The van der Waals surface area contributed by atoms with Crippen LogP contribution < -0.4 is 0 Å². The first-order valence-corrected chi connectivity index (χ1v) is 12.9. The van der Waals surface area contributed by atoms with E-state index in [-0.39, 0.29) is 16.7 Å². The highest BCUT2D eigenvalue weighted by Gasteiger charge is 2.60. The minimum absolute atomic E-state index is 0.0240. The lowest BCUT2D eigenvalue weighted by atomic mass is 9.46. The zero-order valence-corrected chi connectivity index (χ0v) is 20.7. The Morgan fingerprint density at radius 2 is 1.65 bits per heavy atom. The third kappa shape index (κ3) is 3.22. The molecule has 0 N–H and O–H groups in total. The van der Waals surface area contributed by atoms with E-state index in [0.717, 1.165) is 24.2 Å². The summed E-state index contributed by atoms with van der Waals surface area (Å²) < 4.78 is 0. The van der Waals surface area contributed by atoms with Crippen LogP contribution in [0.1, 0.15) is 103 Å². The number of likely N-dealkylation sites (tertiary alicyclic amines) is 1. The Morgan fingerprint density at radius 3 is 2.32 bits per heavy atom. The number of fused-ring (bicyclic) bond motifs is 5. The van der Waals surface area contributed by atoms with Crippen LogP contribution in [0.25, 0.3) is 0 Å². The van der Waals surface area contributed by atoms with Crippen molar-refractivity contribution < 1.29 is 4.79 Å². The number of rotatable bonds is 1. The van der Waals surface area contributed by atoms with E-state index in [0.29, 0.717) is 17.4 Å². The Kier molecular flexibility index (Phi) is 4.93. The van der Waals surface area contributed by atoms with Crippen molar-refractivity contribution in [1.82, 2.24) is 4.90 Å². The van der Waals surface area contributed by atoms with Crippen LogP contribution in [0.2, 0.25) is 0 Å². The van der Waals surface area contributed by atoms with Crippen LogP contribution in [-0.2, 0) is 10.2 Å². The van der Waals surface area contributed by atoms with Gasteiger partial charge in [-0.25, -0.2) is 0 Å². The van der Waals surface area contributed by atoms with Crippen molar-refractivity contribution in [2.75, 3.05) is 7.05 Å². The SMILES string of the molecule is CN1C(=O)C(c2ccc(C(C)(C)C)cc2)C[C@]2(C)[C@H]3CC[C@]4(C)CCC[C@H]4[C@@H]3CC[C@@H]12. The highest BCUT2D eigenvalue weighted by molar-refractivity contribution is 5.85. The van der Waals surface area contributed by atoms with E-state index >= 15 is 0 Å². The topological polar surface area (TPSA) is 20.3 Å². The van der Waals surface area contributed by atoms with Gasteiger partial charge in [-0.1, -0.05) is 65.3 Å². The first-order valence-electron chi connectivity index (χ1n) is 12.9. The minimum atomic E-state index is 0.0240. The van der Waals surface area contributed by atoms with Crippen LogP contribution in [0.5, 0.6) is 0 Å². The third-order valence-corrected chi connectivity index (χ3v) is 10.5. The normalized spacial score (nSPS) is 42.7. The summed E-state index contributed by atoms with van der Waals surface area (Å²) in [5.41, 5.74) is 3.58. The van der Waals surface area contributed by atoms with Gasteiger partial charge >= 0.3 is 0 Å². The van der Waals surface area contributed by atoms with E-state index < -0.39 is 0 Å². The molecule has 2 nitrogen and oxygen atoms in total. The second-order valence-corrected chi connectivity index (χ2v) is 13.1. The van der Waals surface area contributed by atoms with Gasteiger partial charge in [0, 0.05) is 13.1 Å². The fourth-order valence-corrected chi connectivity index (χ4v) is 8.75. The van der Waals surface area contributed by atoms with Crippen LogP contribution in [-0.4, -0.2) is 23.9 Å². The van der Waals surface area contributed by atoms with Crippen molar-refractivity contribution >= 4 is 5.91 Å². The van der Waals surface area contributed by atoms with E-state index in [1.165, 1.54) is 56.1 Å². The number of amides is 1. The Bertz CT molecular complexity index is 850. The van der Waals surface area contributed by atoms with E-state index in [2.05, 4.69) is 70.8 Å². The van der Waals surface area contributed by atoms with Crippen LogP contribution in [0.4, 0.5) is 0 Å². The Balaban J connectivity index is 1.46. The van der Waals surface area contributed by atoms with E-state index in [1.807, 2.05) is 0 Å². The molecule has 3 aliphatic carbocycles. The number of carbonyl (C=O) groups excluding carboxylic acids is 1. The zero-order valence-electron chi connectivity index (χ0n) is 20.7. The van der Waals surface area contributed by atoms with Gasteiger partial charge in [0.05, 0.1) is 5.92 Å². The molecule has 1 aromatic rings. The second kappa shape index (κ2) is 7.09. The Morgan fingerprint density at radius 1 is 0.935 bits per heavy atom. The highest BCUT2D eigenvalue weighted by Crippen LogP contribution is 2.65. The molecule has 31 heavy (non-hydrogen) atoms. The number of benzene rings is 1. The summed E-state index contributed by atoms with van der Waals surface area (Å²) >= 11 is 0. The predicted molar refractivity (Wildman–Crippen MR) is 128 cm³/mol. The molecular weight excluding hydrogens is 378 g/mol. The maximum atomic E-state index is 13.5. The van der Waals surface area contributed by atoms with E-state index in [4.69, 9.17) is 0 Å². The molecule has 0 bridgehead atoms. The minimum Gasteiger partial charge on any atom is -0.342 e. The summed E-state index contributed by atoms with van der Waals surface area (Å²) in [6.45, 7) is 11.9. The van der Waals surface area contributed by atoms with Gasteiger partial charge in [0.1, 0.15) is 0 Å². The zero-order chi connectivity index (χ0) is 22.2. The molecule has 1 heterocycles. The summed E-state index contributed by atoms with van der Waals surface area (Å²) in [6, 6.07) is 9.43. The van der Waals surface area contributed by atoms with Crippen LogP contribution in [0.3, 0.4) is 0 Å². The van der Waals surface area contributed by atoms with Crippen LogP contribution in [0, 0.1) is 28.6 Å². The van der Waals surface area contributed by atoms with Crippen LogP contribution >= 0.6 is 0 Å². The number of piperidine rings is 1. The second-order valence-electron chi connectivity index (χ2n) is 13.1. The average Bonchev–Trinajstić information content (AvgIpc) is 3.12. The molecule has 1 amide bonds. The van der Waals surface area contributed by atoms with Gasteiger partial charge in [0.25, 0.3) is 0 Å².